The first-order valence-corrected chi connectivity index (χ1v) is 8.25. The van der Waals surface area contributed by atoms with E-state index in [1.165, 1.54) is 11.3 Å². The Bertz CT molecular complexity index is 746. The van der Waals surface area contributed by atoms with Gasteiger partial charge in [-0.25, -0.2) is 0 Å². The SMILES string of the molecule is OC(CNc1ccc(OC(F)(F)F)cc1Cc1ccc(Cl)s1)C(F)(F)F. The predicted molar refractivity (Wildman–Crippen MR) is 85.8 cm³/mol. The van der Waals surface area contributed by atoms with Crippen LogP contribution in [-0.2, 0) is 6.42 Å². The molecule has 0 spiro atoms. The molecule has 2 aromatic rings. The zero-order valence-electron chi connectivity index (χ0n) is 12.8. The van der Waals surface area contributed by atoms with Crippen LogP contribution >= 0.6 is 22.9 Å². The number of alkyl halides is 6. The van der Waals surface area contributed by atoms with Gasteiger partial charge in [0.25, 0.3) is 0 Å². The van der Waals surface area contributed by atoms with E-state index in [1.54, 1.807) is 12.1 Å². The van der Waals surface area contributed by atoms with Gasteiger partial charge in [0, 0.05) is 23.5 Å². The molecule has 144 valence electrons. The summed E-state index contributed by atoms with van der Waals surface area (Å²) >= 11 is 6.99. The molecule has 1 heterocycles. The first-order valence-electron chi connectivity index (χ1n) is 7.05. The molecule has 0 amide bonds. The summed E-state index contributed by atoms with van der Waals surface area (Å²) in [6.07, 6.45) is -12.2. The first-order chi connectivity index (χ1) is 11.9. The van der Waals surface area contributed by atoms with E-state index in [0.29, 0.717) is 9.21 Å². The highest BCUT2D eigenvalue weighted by Gasteiger charge is 2.38. The van der Waals surface area contributed by atoms with E-state index in [9.17, 15) is 26.3 Å². The minimum atomic E-state index is -4.90. The van der Waals surface area contributed by atoms with Crippen molar-refractivity contribution in [3.05, 3.63) is 45.1 Å². The van der Waals surface area contributed by atoms with Crippen LogP contribution in [0, 0.1) is 0 Å². The third-order valence-electron chi connectivity index (χ3n) is 3.17. The van der Waals surface area contributed by atoms with E-state index < -0.39 is 30.9 Å². The number of aliphatic hydroxyl groups excluding tert-OH is 1. The molecule has 3 nitrogen and oxygen atoms in total. The molecular formula is C15H12ClF6NO2S. The maximum atomic E-state index is 12.4. The lowest BCUT2D eigenvalue weighted by Crippen LogP contribution is -2.35. The highest BCUT2D eigenvalue weighted by atomic mass is 35.5. The fourth-order valence-corrected chi connectivity index (χ4v) is 3.15. The summed E-state index contributed by atoms with van der Waals surface area (Å²) in [5, 5.41) is 11.5. The molecule has 0 bridgehead atoms. The van der Waals surface area contributed by atoms with Crippen LogP contribution in [0.15, 0.2) is 30.3 Å². The van der Waals surface area contributed by atoms with Crippen molar-refractivity contribution in [2.45, 2.75) is 25.1 Å². The fraction of sp³-hybridized carbons (Fsp3) is 0.333. The molecule has 11 heteroatoms. The Hall–Kier alpha value is -1.65. The Labute approximate surface area is 153 Å². The average molecular weight is 420 g/mol. The fourth-order valence-electron chi connectivity index (χ4n) is 2.04. The number of benzene rings is 1. The monoisotopic (exact) mass is 419 g/mol. The Morgan fingerprint density at radius 2 is 1.81 bits per heavy atom. The quantitative estimate of drug-likeness (QED) is 0.630. The van der Waals surface area contributed by atoms with Crippen LogP contribution in [0.1, 0.15) is 10.4 Å². The molecule has 0 fully saturated rings. The number of aliphatic hydroxyl groups is 1. The van der Waals surface area contributed by atoms with Crippen molar-refractivity contribution in [2.75, 3.05) is 11.9 Å². The van der Waals surface area contributed by atoms with E-state index in [1.807, 2.05) is 0 Å². The Morgan fingerprint density at radius 1 is 1.12 bits per heavy atom. The summed E-state index contributed by atoms with van der Waals surface area (Å²) in [5.74, 6) is -0.503. The number of hydrogen-bond acceptors (Lipinski definition) is 4. The second-order valence-corrected chi connectivity index (χ2v) is 6.99. The van der Waals surface area contributed by atoms with Crippen LogP contribution in [-0.4, -0.2) is 30.3 Å². The van der Waals surface area contributed by atoms with Crippen LogP contribution < -0.4 is 10.1 Å². The number of anilines is 1. The Morgan fingerprint density at radius 3 is 2.35 bits per heavy atom. The van der Waals surface area contributed by atoms with Gasteiger partial charge in [0.05, 0.1) is 4.34 Å². The number of hydrogen-bond donors (Lipinski definition) is 2. The van der Waals surface area contributed by atoms with Gasteiger partial charge in [0.2, 0.25) is 0 Å². The third-order valence-corrected chi connectivity index (χ3v) is 4.40. The van der Waals surface area contributed by atoms with E-state index >= 15 is 0 Å². The van der Waals surface area contributed by atoms with Crippen LogP contribution in [0.2, 0.25) is 4.34 Å². The molecule has 0 aliphatic carbocycles. The summed E-state index contributed by atoms with van der Waals surface area (Å²) < 4.78 is 78.6. The molecule has 1 aromatic carbocycles. The van der Waals surface area contributed by atoms with Crippen molar-refractivity contribution in [1.29, 1.82) is 0 Å². The van der Waals surface area contributed by atoms with Crippen molar-refractivity contribution in [3.8, 4) is 5.75 Å². The second-order valence-electron chi connectivity index (χ2n) is 5.19. The highest BCUT2D eigenvalue weighted by molar-refractivity contribution is 7.16. The van der Waals surface area contributed by atoms with Gasteiger partial charge in [-0.15, -0.1) is 24.5 Å². The minimum absolute atomic E-state index is 0.122. The summed E-state index contributed by atoms with van der Waals surface area (Å²) in [7, 11) is 0. The molecule has 0 saturated carbocycles. The van der Waals surface area contributed by atoms with E-state index in [4.69, 9.17) is 16.7 Å². The van der Waals surface area contributed by atoms with Gasteiger partial charge in [-0.2, -0.15) is 13.2 Å². The number of thiophene rings is 1. The molecule has 0 aliphatic heterocycles. The molecule has 1 atom stereocenters. The molecule has 2 rings (SSSR count). The van der Waals surface area contributed by atoms with Crippen LogP contribution in [0.4, 0.5) is 32.0 Å². The number of nitrogens with one attached hydrogen (secondary N) is 1. The number of rotatable bonds is 6. The smallest absolute Gasteiger partial charge is 0.406 e. The summed E-state index contributed by atoms with van der Waals surface area (Å²) in [6, 6.07) is 6.45. The van der Waals surface area contributed by atoms with Gasteiger partial charge in [0.1, 0.15) is 5.75 Å². The molecule has 0 aliphatic rings. The van der Waals surface area contributed by atoms with Crippen molar-refractivity contribution in [2.24, 2.45) is 0 Å². The zero-order chi connectivity index (χ0) is 19.5. The topological polar surface area (TPSA) is 41.5 Å². The summed E-state index contributed by atoms with van der Waals surface area (Å²) in [5.41, 5.74) is 0.409. The first kappa shape index (κ1) is 20.7. The maximum absolute atomic E-state index is 12.4. The number of ether oxygens (including phenoxy) is 1. The Balaban J connectivity index is 2.24. The van der Waals surface area contributed by atoms with Gasteiger partial charge < -0.3 is 15.2 Å². The zero-order valence-corrected chi connectivity index (χ0v) is 14.4. The average Bonchev–Trinajstić information content (AvgIpc) is 2.88. The molecule has 1 unspecified atom stereocenters. The van der Waals surface area contributed by atoms with Gasteiger partial charge in [-0.3, -0.25) is 0 Å². The van der Waals surface area contributed by atoms with Crippen molar-refractivity contribution in [3.63, 3.8) is 0 Å². The van der Waals surface area contributed by atoms with Gasteiger partial charge in [-0.1, -0.05) is 11.6 Å². The highest BCUT2D eigenvalue weighted by Crippen LogP contribution is 2.31. The molecule has 26 heavy (non-hydrogen) atoms. The van der Waals surface area contributed by atoms with Crippen molar-refractivity contribution >= 4 is 28.6 Å². The number of halogens is 7. The maximum Gasteiger partial charge on any atom is 0.573 e. The van der Waals surface area contributed by atoms with Crippen molar-refractivity contribution in [1.82, 2.24) is 0 Å². The van der Waals surface area contributed by atoms with Crippen LogP contribution in [0.3, 0.4) is 0 Å². The van der Waals surface area contributed by atoms with E-state index in [-0.39, 0.29) is 17.7 Å². The van der Waals surface area contributed by atoms with Crippen LogP contribution in [0.25, 0.3) is 0 Å². The molecule has 0 radical (unpaired) electrons. The lowest BCUT2D eigenvalue weighted by atomic mass is 10.1. The van der Waals surface area contributed by atoms with Gasteiger partial charge in [0.15, 0.2) is 6.10 Å². The predicted octanol–water partition coefficient (Wildman–Crippen LogP) is 5.23. The molecular weight excluding hydrogens is 408 g/mol. The second kappa shape index (κ2) is 7.93. The van der Waals surface area contributed by atoms with E-state index in [2.05, 4.69) is 10.1 Å². The minimum Gasteiger partial charge on any atom is -0.406 e. The van der Waals surface area contributed by atoms with Crippen LogP contribution in [0.5, 0.6) is 5.75 Å². The van der Waals surface area contributed by atoms with Crippen molar-refractivity contribution < 1.29 is 36.2 Å². The van der Waals surface area contributed by atoms with Gasteiger partial charge in [-0.05, 0) is 35.9 Å². The third kappa shape index (κ3) is 6.26. The van der Waals surface area contributed by atoms with Gasteiger partial charge >= 0.3 is 12.5 Å². The molecule has 1 aromatic heterocycles. The summed E-state index contributed by atoms with van der Waals surface area (Å²) in [4.78, 5) is 0.693. The Kier molecular flexibility index (Phi) is 6.30. The standard InChI is InChI=1S/C15H12ClF6NO2S/c16-13-4-2-10(26-13)6-8-5-9(25-15(20,21)22)1-3-11(8)23-7-12(24)14(17,18)19/h1-5,12,23-24H,6-7H2. The largest absolute Gasteiger partial charge is 0.573 e. The molecule has 2 N–H and O–H groups in total. The molecule has 0 saturated heterocycles. The lowest BCUT2D eigenvalue weighted by molar-refractivity contribution is -0.274. The normalized spacial score (nSPS) is 13.5. The summed E-state index contributed by atoms with van der Waals surface area (Å²) in [6.45, 7) is -0.846. The van der Waals surface area contributed by atoms with E-state index in [0.717, 1.165) is 18.2 Å². The lowest BCUT2D eigenvalue weighted by Gasteiger charge is -2.18.